The van der Waals surface area contributed by atoms with Crippen molar-refractivity contribution in [1.82, 2.24) is 5.32 Å². The quantitative estimate of drug-likeness (QED) is 0.673. The molecule has 3 nitrogen and oxygen atoms in total. The number of hydrogen-bond donors (Lipinski definition) is 2. The second-order valence-corrected chi connectivity index (χ2v) is 5.46. The Labute approximate surface area is 116 Å². The molecule has 1 unspecified atom stereocenters. The van der Waals surface area contributed by atoms with Gasteiger partial charge in [-0.15, -0.1) is 0 Å². The van der Waals surface area contributed by atoms with Gasteiger partial charge >= 0.3 is 0 Å². The topological polar surface area (TPSA) is 47.3 Å². The number of rotatable bonds is 9. The van der Waals surface area contributed by atoms with E-state index in [1.54, 1.807) is 7.11 Å². The van der Waals surface area contributed by atoms with Crippen molar-refractivity contribution in [2.45, 2.75) is 38.3 Å². The molecule has 1 aromatic carbocycles. The summed E-state index contributed by atoms with van der Waals surface area (Å²) in [6, 6.07) is 8.64. The summed E-state index contributed by atoms with van der Waals surface area (Å²) in [5.41, 5.74) is 8.43. The Bertz CT molecular complexity index is 377. The van der Waals surface area contributed by atoms with Crippen LogP contribution in [0.2, 0.25) is 0 Å². The largest absolute Gasteiger partial charge is 0.380 e. The Morgan fingerprint density at radius 1 is 1.37 bits per heavy atom. The summed E-state index contributed by atoms with van der Waals surface area (Å²) in [6.07, 6.45) is 5.51. The maximum absolute atomic E-state index is 5.92. The van der Waals surface area contributed by atoms with Crippen LogP contribution in [0.4, 0.5) is 0 Å². The lowest BCUT2D eigenvalue weighted by atomic mass is 10.0. The second-order valence-electron chi connectivity index (χ2n) is 5.46. The Morgan fingerprint density at radius 2 is 2.16 bits per heavy atom. The maximum Gasteiger partial charge on any atom is 0.0716 e. The molecule has 0 saturated heterocycles. The molecule has 0 heterocycles. The lowest BCUT2D eigenvalue weighted by Crippen LogP contribution is -2.30. The third-order valence-electron chi connectivity index (χ3n) is 3.84. The molecule has 3 heteroatoms. The van der Waals surface area contributed by atoms with Crippen LogP contribution in [0.3, 0.4) is 0 Å². The molecule has 0 spiro atoms. The monoisotopic (exact) mass is 262 g/mol. The minimum Gasteiger partial charge on any atom is -0.380 e. The molecule has 106 valence electrons. The Kier molecular flexibility index (Phi) is 5.83. The Hall–Kier alpha value is -0.900. The van der Waals surface area contributed by atoms with Crippen LogP contribution in [0, 0.1) is 5.92 Å². The smallest absolute Gasteiger partial charge is 0.0716 e. The zero-order valence-electron chi connectivity index (χ0n) is 11.9. The first-order chi connectivity index (χ1) is 9.35. The standard InChI is InChI=1S/C16H26N2O/c1-19-12-14-6-2-3-7-15(14)16(11-17)18-10-4-5-13-8-9-13/h2-3,6-7,13,16,18H,4-5,8-12,17H2,1H3. The molecule has 0 amide bonds. The zero-order chi connectivity index (χ0) is 13.5. The molecule has 3 N–H and O–H groups in total. The van der Waals surface area contributed by atoms with Crippen LogP contribution in [0.1, 0.15) is 42.9 Å². The van der Waals surface area contributed by atoms with Crippen molar-refractivity contribution in [2.75, 3.05) is 20.2 Å². The van der Waals surface area contributed by atoms with Gasteiger partial charge < -0.3 is 15.8 Å². The SMILES string of the molecule is COCc1ccccc1C(CN)NCCCC1CC1. The Morgan fingerprint density at radius 3 is 2.84 bits per heavy atom. The van der Waals surface area contributed by atoms with E-state index in [2.05, 4.69) is 29.6 Å². The predicted molar refractivity (Wildman–Crippen MR) is 78.9 cm³/mol. The van der Waals surface area contributed by atoms with Gasteiger partial charge in [0, 0.05) is 19.7 Å². The number of nitrogens with two attached hydrogens (primary N) is 1. The summed E-state index contributed by atoms with van der Waals surface area (Å²) in [6.45, 7) is 2.33. The fraction of sp³-hybridized carbons (Fsp3) is 0.625. The minimum atomic E-state index is 0.241. The summed E-state index contributed by atoms with van der Waals surface area (Å²) in [4.78, 5) is 0. The maximum atomic E-state index is 5.92. The molecule has 0 radical (unpaired) electrons. The van der Waals surface area contributed by atoms with E-state index in [9.17, 15) is 0 Å². The lowest BCUT2D eigenvalue weighted by Gasteiger charge is -2.20. The van der Waals surface area contributed by atoms with E-state index in [-0.39, 0.29) is 6.04 Å². The molecule has 0 aromatic heterocycles. The van der Waals surface area contributed by atoms with Gasteiger partial charge in [0.05, 0.1) is 6.61 Å². The van der Waals surface area contributed by atoms with Gasteiger partial charge in [-0.3, -0.25) is 0 Å². The highest BCUT2D eigenvalue weighted by molar-refractivity contribution is 5.29. The van der Waals surface area contributed by atoms with Crippen LogP contribution in [0.15, 0.2) is 24.3 Å². The van der Waals surface area contributed by atoms with Crippen molar-refractivity contribution in [1.29, 1.82) is 0 Å². The van der Waals surface area contributed by atoms with Crippen LogP contribution in [-0.2, 0) is 11.3 Å². The van der Waals surface area contributed by atoms with E-state index in [1.807, 2.05) is 0 Å². The summed E-state index contributed by atoms with van der Waals surface area (Å²) < 4.78 is 5.26. The summed E-state index contributed by atoms with van der Waals surface area (Å²) in [5, 5.41) is 3.59. The molecule has 1 aliphatic rings. The molecule has 19 heavy (non-hydrogen) atoms. The van der Waals surface area contributed by atoms with Gasteiger partial charge in [0.1, 0.15) is 0 Å². The second kappa shape index (κ2) is 7.63. The summed E-state index contributed by atoms with van der Waals surface area (Å²) >= 11 is 0. The molecule has 2 rings (SSSR count). The fourth-order valence-electron chi connectivity index (χ4n) is 2.55. The van der Waals surface area contributed by atoms with Crippen LogP contribution in [0.5, 0.6) is 0 Å². The molecule has 0 aliphatic heterocycles. The number of nitrogens with one attached hydrogen (secondary N) is 1. The van der Waals surface area contributed by atoms with Gasteiger partial charge in [0.15, 0.2) is 0 Å². The number of hydrogen-bond acceptors (Lipinski definition) is 3. The van der Waals surface area contributed by atoms with Crippen LogP contribution in [-0.4, -0.2) is 20.2 Å². The fourth-order valence-corrected chi connectivity index (χ4v) is 2.55. The first-order valence-corrected chi connectivity index (χ1v) is 7.35. The molecule has 1 aliphatic carbocycles. The predicted octanol–water partition coefficient (Wildman–Crippen LogP) is 2.61. The Balaban J connectivity index is 1.87. The van der Waals surface area contributed by atoms with E-state index in [0.717, 1.165) is 12.5 Å². The molecule has 1 fully saturated rings. The minimum absolute atomic E-state index is 0.241. The van der Waals surface area contributed by atoms with Crippen LogP contribution >= 0.6 is 0 Å². The first kappa shape index (κ1) is 14.5. The average molecular weight is 262 g/mol. The van der Waals surface area contributed by atoms with Gasteiger partial charge in [-0.05, 0) is 36.4 Å². The number of methoxy groups -OCH3 is 1. The average Bonchev–Trinajstić information content (AvgIpc) is 3.25. The van der Waals surface area contributed by atoms with Crippen molar-refractivity contribution in [2.24, 2.45) is 11.7 Å². The third-order valence-corrected chi connectivity index (χ3v) is 3.84. The molecule has 1 saturated carbocycles. The highest BCUT2D eigenvalue weighted by Crippen LogP contribution is 2.33. The van der Waals surface area contributed by atoms with E-state index >= 15 is 0 Å². The van der Waals surface area contributed by atoms with Crippen molar-refractivity contribution in [3.63, 3.8) is 0 Å². The van der Waals surface area contributed by atoms with Gasteiger partial charge in [-0.2, -0.15) is 0 Å². The van der Waals surface area contributed by atoms with Gasteiger partial charge in [0.2, 0.25) is 0 Å². The molecule has 1 atom stereocenters. The third kappa shape index (κ3) is 4.60. The number of benzene rings is 1. The van der Waals surface area contributed by atoms with Crippen molar-refractivity contribution < 1.29 is 4.74 Å². The molecular formula is C16H26N2O. The van der Waals surface area contributed by atoms with Crippen molar-refractivity contribution in [3.8, 4) is 0 Å². The highest BCUT2D eigenvalue weighted by Gasteiger charge is 2.20. The summed E-state index contributed by atoms with van der Waals surface area (Å²) in [7, 11) is 1.73. The molecule has 1 aromatic rings. The number of ether oxygens (including phenoxy) is 1. The van der Waals surface area contributed by atoms with Gasteiger partial charge in [0.25, 0.3) is 0 Å². The van der Waals surface area contributed by atoms with E-state index in [0.29, 0.717) is 13.2 Å². The van der Waals surface area contributed by atoms with Gasteiger partial charge in [-0.1, -0.05) is 37.1 Å². The van der Waals surface area contributed by atoms with Gasteiger partial charge in [-0.25, -0.2) is 0 Å². The van der Waals surface area contributed by atoms with E-state index < -0.39 is 0 Å². The van der Waals surface area contributed by atoms with E-state index in [4.69, 9.17) is 10.5 Å². The van der Waals surface area contributed by atoms with Crippen LogP contribution < -0.4 is 11.1 Å². The molecular weight excluding hydrogens is 236 g/mol. The van der Waals surface area contributed by atoms with E-state index in [1.165, 1.54) is 36.8 Å². The van der Waals surface area contributed by atoms with Crippen molar-refractivity contribution in [3.05, 3.63) is 35.4 Å². The van der Waals surface area contributed by atoms with Crippen LogP contribution in [0.25, 0.3) is 0 Å². The summed E-state index contributed by atoms with van der Waals surface area (Å²) in [5.74, 6) is 1.01. The lowest BCUT2D eigenvalue weighted by molar-refractivity contribution is 0.183. The zero-order valence-corrected chi connectivity index (χ0v) is 11.9. The first-order valence-electron chi connectivity index (χ1n) is 7.35. The molecule has 0 bridgehead atoms. The van der Waals surface area contributed by atoms with Crippen molar-refractivity contribution >= 4 is 0 Å². The normalized spacial score (nSPS) is 16.5. The highest BCUT2D eigenvalue weighted by atomic mass is 16.5.